The van der Waals surface area contributed by atoms with Gasteiger partial charge in [0, 0.05) is 41.4 Å². The lowest BCUT2D eigenvalue weighted by Crippen LogP contribution is -2.29. The van der Waals surface area contributed by atoms with Gasteiger partial charge in [-0.15, -0.1) is 0 Å². The van der Waals surface area contributed by atoms with Crippen LogP contribution in [0.2, 0.25) is 0 Å². The van der Waals surface area contributed by atoms with Gasteiger partial charge >= 0.3 is 0 Å². The summed E-state index contributed by atoms with van der Waals surface area (Å²) in [6.45, 7) is 8.46. The molecular weight excluding hydrogens is 290 g/mol. The highest BCUT2D eigenvalue weighted by Crippen LogP contribution is 2.32. The van der Waals surface area contributed by atoms with E-state index in [0.29, 0.717) is 12.1 Å². The Balaban J connectivity index is 2.21. The second-order valence-electron chi connectivity index (χ2n) is 5.19. The number of hydrogen-bond acceptors (Lipinski definition) is 3. The molecule has 1 aliphatic carbocycles. The fraction of sp³-hybridized carbons (Fsp3) is 0.643. The van der Waals surface area contributed by atoms with Gasteiger partial charge in [-0.2, -0.15) is 0 Å². The zero-order valence-corrected chi connectivity index (χ0v) is 13.0. The molecule has 0 bridgehead atoms. The Labute approximate surface area is 118 Å². The minimum atomic E-state index is 0.493. The molecule has 1 saturated carbocycles. The van der Waals surface area contributed by atoms with Crippen molar-refractivity contribution >= 4 is 21.7 Å². The van der Waals surface area contributed by atoms with Crippen molar-refractivity contribution < 1.29 is 0 Å². The molecule has 1 aromatic heterocycles. The van der Waals surface area contributed by atoms with Crippen LogP contribution in [0.25, 0.3) is 0 Å². The van der Waals surface area contributed by atoms with Crippen LogP contribution in [0.4, 0.5) is 5.82 Å². The fourth-order valence-electron chi connectivity index (χ4n) is 2.14. The quantitative estimate of drug-likeness (QED) is 0.873. The minimum Gasteiger partial charge on any atom is -0.354 e. The van der Waals surface area contributed by atoms with Gasteiger partial charge in [-0.25, -0.2) is 4.98 Å². The van der Waals surface area contributed by atoms with Gasteiger partial charge in [-0.3, -0.25) is 0 Å². The van der Waals surface area contributed by atoms with E-state index in [9.17, 15) is 0 Å². The topological polar surface area (TPSA) is 28.2 Å². The molecule has 0 spiro atoms. The van der Waals surface area contributed by atoms with E-state index in [0.717, 1.165) is 23.4 Å². The summed E-state index contributed by atoms with van der Waals surface area (Å²) >= 11 is 3.52. The molecule has 0 atom stereocenters. The molecule has 100 valence electrons. The van der Waals surface area contributed by atoms with E-state index in [1.807, 2.05) is 6.20 Å². The van der Waals surface area contributed by atoms with Crippen LogP contribution < -0.4 is 10.2 Å². The Morgan fingerprint density at radius 3 is 2.78 bits per heavy atom. The van der Waals surface area contributed by atoms with E-state index in [-0.39, 0.29) is 0 Å². The molecule has 0 aromatic carbocycles. The average Bonchev–Trinajstić information content (AvgIpc) is 3.14. The summed E-state index contributed by atoms with van der Waals surface area (Å²) in [5, 5.41) is 3.48. The predicted octanol–water partition coefficient (Wildman–Crippen LogP) is 3.33. The standard InChI is InChI=1S/C14H22BrN3/c1-4-18(13-5-6-13)14-11(8-16-10(2)3)7-12(15)9-17-14/h7,9-10,13,16H,4-6,8H2,1-3H3. The zero-order chi connectivity index (χ0) is 13.1. The number of hydrogen-bond donors (Lipinski definition) is 1. The molecule has 0 unspecified atom stereocenters. The summed E-state index contributed by atoms with van der Waals surface area (Å²) in [5.74, 6) is 1.15. The van der Waals surface area contributed by atoms with Crippen molar-refractivity contribution in [1.82, 2.24) is 10.3 Å². The van der Waals surface area contributed by atoms with Crippen LogP contribution in [-0.2, 0) is 6.54 Å². The minimum absolute atomic E-state index is 0.493. The summed E-state index contributed by atoms with van der Waals surface area (Å²) in [5.41, 5.74) is 1.28. The van der Waals surface area contributed by atoms with Crippen LogP contribution in [0, 0.1) is 0 Å². The van der Waals surface area contributed by atoms with Gasteiger partial charge in [0.1, 0.15) is 5.82 Å². The number of aromatic nitrogens is 1. The maximum atomic E-state index is 4.63. The molecule has 1 aliphatic rings. The molecule has 1 aromatic rings. The number of rotatable bonds is 6. The second-order valence-corrected chi connectivity index (χ2v) is 6.10. The molecule has 0 saturated heterocycles. The van der Waals surface area contributed by atoms with E-state index in [1.165, 1.54) is 18.4 Å². The van der Waals surface area contributed by atoms with Gasteiger partial charge < -0.3 is 10.2 Å². The molecular formula is C14H22BrN3. The smallest absolute Gasteiger partial charge is 0.133 e. The first-order chi connectivity index (χ1) is 8.61. The molecule has 2 rings (SSSR count). The monoisotopic (exact) mass is 311 g/mol. The van der Waals surface area contributed by atoms with E-state index < -0.39 is 0 Å². The summed E-state index contributed by atoms with van der Waals surface area (Å²) in [4.78, 5) is 7.06. The number of nitrogens with zero attached hydrogens (tertiary/aromatic N) is 2. The molecule has 1 N–H and O–H groups in total. The zero-order valence-electron chi connectivity index (χ0n) is 11.4. The van der Waals surface area contributed by atoms with Gasteiger partial charge in [-0.05, 0) is 41.8 Å². The molecule has 1 fully saturated rings. The first-order valence-corrected chi connectivity index (χ1v) is 7.55. The molecule has 0 aliphatic heterocycles. The van der Waals surface area contributed by atoms with E-state index in [4.69, 9.17) is 0 Å². The third kappa shape index (κ3) is 3.45. The van der Waals surface area contributed by atoms with Crippen LogP contribution in [-0.4, -0.2) is 23.6 Å². The van der Waals surface area contributed by atoms with E-state index >= 15 is 0 Å². The number of nitrogens with one attached hydrogen (secondary N) is 1. The molecule has 1 heterocycles. The van der Waals surface area contributed by atoms with Crippen LogP contribution in [0.15, 0.2) is 16.7 Å². The number of pyridine rings is 1. The Morgan fingerprint density at radius 2 is 2.22 bits per heavy atom. The Hall–Kier alpha value is -0.610. The molecule has 18 heavy (non-hydrogen) atoms. The lowest BCUT2D eigenvalue weighted by Gasteiger charge is -2.25. The maximum absolute atomic E-state index is 4.63. The van der Waals surface area contributed by atoms with E-state index in [2.05, 4.69) is 58.0 Å². The maximum Gasteiger partial charge on any atom is 0.133 e. The molecule has 0 amide bonds. The van der Waals surface area contributed by atoms with E-state index in [1.54, 1.807) is 0 Å². The van der Waals surface area contributed by atoms with Crippen molar-refractivity contribution in [2.45, 2.75) is 52.2 Å². The molecule has 4 heteroatoms. The highest BCUT2D eigenvalue weighted by Gasteiger charge is 2.30. The first kappa shape index (κ1) is 13.8. The normalized spacial score (nSPS) is 15.2. The Kier molecular flexibility index (Phi) is 4.62. The molecule has 3 nitrogen and oxygen atoms in total. The number of anilines is 1. The summed E-state index contributed by atoms with van der Waals surface area (Å²) < 4.78 is 1.05. The van der Waals surface area contributed by atoms with Crippen LogP contribution in [0.5, 0.6) is 0 Å². The van der Waals surface area contributed by atoms with Crippen molar-refractivity contribution in [3.8, 4) is 0 Å². The fourth-order valence-corrected chi connectivity index (χ4v) is 2.52. The van der Waals surface area contributed by atoms with Crippen molar-refractivity contribution in [1.29, 1.82) is 0 Å². The Morgan fingerprint density at radius 1 is 1.50 bits per heavy atom. The highest BCUT2D eigenvalue weighted by atomic mass is 79.9. The lowest BCUT2D eigenvalue weighted by molar-refractivity contribution is 0.586. The SMILES string of the molecule is CCN(c1ncc(Br)cc1CNC(C)C)C1CC1. The largest absolute Gasteiger partial charge is 0.354 e. The van der Waals surface area contributed by atoms with Crippen molar-refractivity contribution in [3.63, 3.8) is 0 Å². The highest BCUT2D eigenvalue weighted by molar-refractivity contribution is 9.10. The Bertz CT molecular complexity index is 402. The van der Waals surface area contributed by atoms with Gasteiger partial charge in [0.05, 0.1) is 0 Å². The summed E-state index contributed by atoms with van der Waals surface area (Å²) in [6.07, 6.45) is 4.52. The van der Waals surface area contributed by atoms with Gasteiger partial charge in [0.25, 0.3) is 0 Å². The lowest BCUT2D eigenvalue weighted by atomic mass is 10.2. The first-order valence-electron chi connectivity index (χ1n) is 6.76. The van der Waals surface area contributed by atoms with Gasteiger partial charge in [0.2, 0.25) is 0 Å². The summed E-state index contributed by atoms with van der Waals surface area (Å²) in [6, 6.07) is 3.39. The average molecular weight is 312 g/mol. The van der Waals surface area contributed by atoms with Gasteiger partial charge in [0.15, 0.2) is 0 Å². The van der Waals surface area contributed by atoms with Crippen molar-refractivity contribution in [2.24, 2.45) is 0 Å². The van der Waals surface area contributed by atoms with Gasteiger partial charge in [-0.1, -0.05) is 13.8 Å². The van der Waals surface area contributed by atoms with Crippen molar-refractivity contribution in [3.05, 3.63) is 22.3 Å². The summed E-state index contributed by atoms with van der Waals surface area (Å²) in [7, 11) is 0. The van der Waals surface area contributed by atoms with Crippen LogP contribution in [0.3, 0.4) is 0 Å². The van der Waals surface area contributed by atoms with Crippen LogP contribution >= 0.6 is 15.9 Å². The third-order valence-electron chi connectivity index (χ3n) is 3.21. The van der Waals surface area contributed by atoms with Crippen LogP contribution in [0.1, 0.15) is 39.2 Å². The number of halogens is 1. The predicted molar refractivity (Wildman–Crippen MR) is 80.0 cm³/mol. The van der Waals surface area contributed by atoms with Crippen molar-refractivity contribution in [2.75, 3.05) is 11.4 Å². The third-order valence-corrected chi connectivity index (χ3v) is 3.64. The molecule has 0 radical (unpaired) electrons. The second kappa shape index (κ2) is 6.02.